The maximum atomic E-state index is 6.01. The molecule has 1 nitrogen and oxygen atoms in total. The SMILES string of the molecule is COC1(C2CCCCCCC2)CCCCC1. The second-order valence-electron chi connectivity index (χ2n) is 5.87. The van der Waals surface area contributed by atoms with Gasteiger partial charge in [-0.25, -0.2) is 0 Å². The van der Waals surface area contributed by atoms with Gasteiger partial charge in [-0.3, -0.25) is 0 Å². The molecule has 94 valence electrons. The minimum Gasteiger partial charge on any atom is -0.378 e. The quantitative estimate of drug-likeness (QED) is 0.661. The molecule has 0 atom stereocenters. The highest BCUT2D eigenvalue weighted by atomic mass is 16.5. The van der Waals surface area contributed by atoms with Gasteiger partial charge in [-0.05, 0) is 31.6 Å². The van der Waals surface area contributed by atoms with Gasteiger partial charge >= 0.3 is 0 Å². The Hall–Kier alpha value is -0.0400. The number of methoxy groups -OCH3 is 1. The molecule has 0 aliphatic heterocycles. The highest BCUT2D eigenvalue weighted by Crippen LogP contribution is 2.42. The zero-order valence-corrected chi connectivity index (χ0v) is 11.0. The monoisotopic (exact) mass is 224 g/mol. The van der Waals surface area contributed by atoms with E-state index in [9.17, 15) is 0 Å². The van der Waals surface area contributed by atoms with E-state index >= 15 is 0 Å². The Morgan fingerprint density at radius 1 is 0.750 bits per heavy atom. The molecule has 0 radical (unpaired) electrons. The van der Waals surface area contributed by atoms with Gasteiger partial charge in [0.25, 0.3) is 0 Å². The molecule has 0 spiro atoms. The molecule has 0 aromatic rings. The molecule has 16 heavy (non-hydrogen) atoms. The van der Waals surface area contributed by atoms with E-state index < -0.39 is 0 Å². The van der Waals surface area contributed by atoms with Gasteiger partial charge in [0.2, 0.25) is 0 Å². The Kier molecular flexibility index (Phi) is 4.69. The molecule has 2 fully saturated rings. The Bertz CT molecular complexity index is 186. The van der Waals surface area contributed by atoms with E-state index in [-0.39, 0.29) is 5.60 Å². The minimum absolute atomic E-state index is 0.273. The maximum Gasteiger partial charge on any atom is 0.0706 e. The summed E-state index contributed by atoms with van der Waals surface area (Å²) in [7, 11) is 1.96. The molecule has 0 aromatic carbocycles. The van der Waals surface area contributed by atoms with Crippen LogP contribution in [0.5, 0.6) is 0 Å². The third kappa shape index (κ3) is 2.80. The van der Waals surface area contributed by atoms with Crippen molar-refractivity contribution in [3.8, 4) is 0 Å². The third-order valence-electron chi connectivity index (χ3n) is 4.96. The summed E-state index contributed by atoms with van der Waals surface area (Å²) in [6.45, 7) is 0. The molecule has 0 bridgehead atoms. The Morgan fingerprint density at radius 3 is 1.81 bits per heavy atom. The van der Waals surface area contributed by atoms with Crippen LogP contribution >= 0.6 is 0 Å². The predicted octanol–water partition coefficient (Wildman–Crippen LogP) is 4.70. The summed E-state index contributed by atoms with van der Waals surface area (Å²) in [6, 6.07) is 0. The van der Waals surface area contributed by atoms with Crippen molar-refractivity contribution in [1.29, 1.82) is 0 Å². The first kappa shape index (κ1) is 12.4. The Morgan fingerprint density at radius 2 is 1.25 bits per heavy atom. The fraction of sp³-hybridized carbons (Fsp3) is 1.00. The predicted molar refractivity (Wildman–Crippen MR) is 68.6 cm³/mol. The third-order valence-corrected chi connectivity index (χ3v) is 4.96. The van der Waals surface area contributed by atoms with Gasteiger partial charge in [0.1, 0.15) is 0 Å². The van der Waals surface area contributed by atoms with E-state index in [4.69, 9.17) is 4.74 Å². The largest absolute Gasteiger partial charge is 0.378 e. The summed E-state index contributed by atoms with van der Waals surface area (Å²) in [5.74, 6) is 0.859. The van der Waals surface area contributed by atoms with Crippen LogP contribution in [-0.4, -0.2) is 12.7 Å². The summed E-state index contributed by atoms with van der Waals surface area (Å²) < 4.78 is 6.01. The van der Waals surface area contributed by atoms with Crippen LogP contribution in [0.25, 0.3) is 0 Å². The molecule has 0 amide bonds. The lowest BCUT2D eigenvalue weighted by molar-refractivity contribution is -0.0908. The van der Waals surface area contributed by atoms with Crippen LogP contribution in [0.4, 0.5) is 0 Å². The van der Waals surface area contributed by atoms with Crippen LogP contribution in [-0.2, 0) is 4.74 Å². The Balaban J connectivity index is 1.99. The van der Waals surface area contributed by atoms with Gasteiger partial charge in [-0.2, -0.15) is 0 Å². The van der Waals surface area contributed by atoms with E-state index in [1.807, 2.05) is 7.11 Å². The minimum atomic E-state index is 0.273. The lowest BCUT2D eigenvalue weighted by Gasteiger charge is -2.43. The molecule has 2 rings (SSSR count). The summed E-state index contributed by atoms with van der Waals surface area (Å²) in [5.41, 5.74) is 0.273. The zero-order chi connectivity index (χ0) is 11.3. The molecule has 2 aliphatic rings. The molecule has 2 aliphatic carbocycles. The lowest BCUT2D eigenvalue weighted by Crippen LogP contribution is -2.42. The second kappa shape index (κ2) is 6.05. The van der Waals surface area contributed by atoms with Gasteiger partial charge in [-0.15, -0.1) is 0 Å². The van der Waals surface area contributed by atoms with Crippen molar-refractivity contribution in [3.63, 3.8) is 0 Å². The van der Waals surface area contributed by atoms with Crippen LogP contribution in [0.2, 0.25) is 0 Å². The van der Waals surface area contributed by atoms with Gasteiger partial charge in [0, 0.05) is 7.11 Å². The van der Waals surface area contributed by atoms with Crippen molar-refractivity contribution >= 4 is 0 Å². The molecule has 0 aromatic heterocycles. The summed E-state index contributed by atoms with van der Waals surface area (Å²) in [6.07, 6.45) is 17.0. The molecule has 0 N–H and O–H groups in total. The van der Waals surface area contributed by atoms with E-state index in [0.29, 0.717) is 0 Å². The fourth-order valence-corrected chi connectivity index (χ4v) is 3.91. The van der Waals surface area contributed by atoms with Crippen molar-refractivity contribution in [2.45, 2.75) is 82.7 Å². The van der Waals surface area contributed by atoms with Gasteiger partial charge in [0.05, 0.1) is 5.60 Å². The van der Waals surface area contributed by atoms with Crippen LogP contribution in [0.3, 0.4) is 0 Å². The average Bonchev–Trinajstić information content (AvgIpc) is 2.29. The number of hydrogen-bond acceptors (Lipinski definition) is 1. The van der Waals surface area contributed by atoms with Gasteiger partial charge < -0.3 is 4.74 Å². The van der Waals surface area contributed by atoms with Crippen molar-refractivity contribution in [1.82, 2.24) is 0 Å². The second-order valence-corrected chi connectivity index (χ2v) is 5.87. The van der Waals surface area contributed by atoms with Crippen molar-refractivity contribution in [2.24, 2.45) is 5.92 Å². The lowest BCUT2D eigenvalue weighted by atomic mass is 9.71. The molecule has 0 unspecified atom stereocenters. The first-order valence-electron chi connectivity index (χ1n) is 7.42. The number of ether oxygens (including phenoxy) is 1. The van der Waals surface area contributed by atoms with Crippen LogP contribution < -0.4 is 0 Å². The van der Waals surface area contributed by atoms with Crippen LogP contribution in [0.1, 0.15) is 77.0 Å². The molecule has 0 heterocycles. The van der Waals surface area contributed by atoms with E-state index in [1.54, 1.807) is 0 Å². The molecular formula is C15H28O. The normalized spacial score (nSPS) is 28.3. The zero-order valence-electron chi connectivity index (χ0n) is 11.0. The molecule has 2 saturated carbocycles. The molecular weight excluding hydrogens is 196 g/mol. The van der Waals surface area contributed by atoms with E-state index in [2.05, 4.69) is 0 Å². The van der Waals surface area contributed by atoms with Crippen LogP contribution in [0, 0.1) is 5.92 Å². The topological polar surface area (TPSA) is 9.23 Å². The van der Waals surface area contributed by atoms with E-state index in [1.165, 1.54) is 77.0 Å². The highest BCUT2D eigenvalue weighted by molar-refractivity contribution is 4.91. The van der Waals surface area contributed by atoms with Crippen molar-refractivity contribution in [2.75, 3.05) is 7.11 Å². The molecule has 1 heteroatoms. The average molecular weight is 224 g/mol. The van der Waals surface area contributed by atoms with Crippen LogP contribution in [0.15, 0.2) is 0 Å². The van der Waals surface area contributed by atoms with Gasteiger partial charge in [-0.1, -0.05) is 51.4 Å². The van der Waals surface area contributed by atoms with E-state index in [0.717, 1.165) is 5.92 Å². The number of hydrogen-bond donors (Lipinski definition) is 0. The smallest absolute Gasteiger partial charge is 0.0706 e. The van der Waals surface area contributed by atoms with Crippen molar-refractivity contribution < 1.29 is 4.74 Å². The summed E-state index contributed by atoms with van der Waals surface area (Å²) in [4.78, 5) is 0. The summed E-state index contributed by atoms with van der Waals surface area (Å²) in [5, 5.41) is 0. The van der Waals surface area contributed by atoms with Gasteiger partial charge in [0.15, 0.2) is 0 Å². The number of rotatable bonds is 2. The highest BCUT2D eigenvalue weighted by Gasteiger charge is 2.39. The first-order valence-corrected chi connectivity index (χ1v) is 7.42. The standard InChI is InChI=1S/C15H28O/c1-16-15(12-8-5-9-13-15)14-10-6-3-2-4-7-11-14/h14H,2-13H2,1H3. The first-order chi connectivity index (χ1) is 7.87. The molecule has 0 saturated heterocycles. The van der Waals surface area contributed by atoms with Crippen molar-refractivity contribution in [3.05, 3.63) is 0 Å². The Labute approximate surface area is 101 Å². The maximum absolute atomic E-state index is 6.01. The summed E-state index contributed by atoms with van der Waals surface area (Å²) >= 11 is 0. The fourth-order valence-electron chi connectivity index (χ4n) is 3.91.